The van der Waals surface area contributed by atoms with Crippen LogP contribution in [0.1, 0.15) is 16.8 Å². The molecule has 0 amide bonds. The highest BCUT2D eigenvalue weighted by atomic mass is 35.5. The SMILES string of the molecule is CN1CCN(CCC(=O)c2ccc(Cl)cc2Cl)CC1. The molecule has 0 aromatic heterocycles. The molecule has 1 aliphatic rings. The number of piperazine rings is 1. The lowest BCUT2D eigenvalue weighted by Gasteiger charge is -2.32. The van der Waals surface area contributed by atoms with Crippen LogP contribution in [0.15, 0.2) is 18.2 Å². The number of likely N-dealkylation sites (N-methyl/N-ethyl adjacent to an activating group) is 1. The van der Waals surface area contributed by atoms with Crippen molar-refractivity contribution in [2.24, 2.45) is 0 Å². The fourth-order valence-electron chi connectivity index (χ4n) is 2.18. The molecule has 0 radical (unpaired) electrons. The van der Waals surface area contributed by atoms with Gasteiger partial charge in [-0.05, 0) is 25.2 Å². The minimum absolute atomic E-state index is 0.0839. The van der Waals surface area contributed by atoms with E-state index in [1.54, 1.807) is 18.2 Å². The van der Waals surface area contributed by atoms with Crippen LogP contribution in [0, 0.1) is 0 Å². The summed E-state index contributed by atoms with van der Waals surface area (Å²) in [6, 6.07) is 5.03. The number of ketones is 1. The van der Waals surface area contributed by atoms with E-state index >= 15 is 0 Å². The summed E-state index contributed by atoms with van der Waals surface area (Å²) in [6.07, 6.45) is 0.505. The number of hydrogen-bond acceptors (Lipinski definition) is 3. The van der Waals surface area contributed by atoms with Crippen molar-refractivity contribution < 1.29 is 4.79 Å². The van der Waals surface area contributed by atoms with Crippen LogP contribution >= 0.6 is 23.2 Å². The van der Waals surface area contributed by atoms with E-state index in [9.17, 15) is 4.79 Å². The summed E-state index contributed by atoms with van der Waals surface area (Å²) in [4.78, 5) is 16.7. The van der Waals surface area contributed by atoms with Crippen LogP contribution in [0.5, 0.6) is 0 Å². The second-order valence-corrected chi connectivity index (χ2v) is 5.79. The monoisotopic (exact) mass is 300 g/mol. The molecular weight excluding hydrogens is 283 g/mol. The molecule has 5 heteroatoms. The normalized spacial score (nSPS) is 17.6. The molecule has 0 bridgehead atoms. The molecule has 1 aromatic carbocycles. The molecule has 0 spiro atoms. The van der Waals surface area contributed by atoms with E-state index in [2.05, 4.69) is 16.8 Å². The van der Waals surface area contributed by atoms with E-state index in [1.807, 2.05) is 0 Å². The van der Waals surface area contributed by atoms with Crippen molar-refractivity contribution in [3.8, 4) is 0 Å². The number of rotatable bonds is 4. The van der Waals surface area contributed by atoms with Crippen molar-refractivity contribution in [1.29, 1.82) is 0 Å². The predicted octanol–water partition coefficient (Wildman–Crippen LogP) is 2.81. The van der Waals surface area contributed by atoms with Gasteiger partial charge in [-0.25, -0.2) is 0 Å². The number of carbonyl (C=O) groups is 1. The highest BCUT2D eigenvalue weighted by Gasteiger charge is 2.16. The van der Waals surface area contributed by atoms with Gasteiger partial charge in [0.1, 0.15) is 0 Å². The minimum atomic E-state index is 0.0839. The first kappa shape index (κ1) is 14.8. The molecule has 2 rings (SSSR count). The van der Waals surface area contributed by atoms with Crippen molar-refractivity contribution in [3.05, 3.63) is 33.8 Å². The van der Waals surface area contributed by atoms with E-state index in [4.69, 9.17) is 23.2 Å². The summed E-state index contributed by atoms with van der Waals surface area (Å²) in [6.45, 7) is 4.98. The minimum Gasteiger partial charge on any atom is -0.304 e. The van der Waals surface area contributed by atoms with Gasteiger partial charge in [0.25, 0.3) is 0 Å². The second kappa shape index (κ2) is 6.71. The van der Waals surface area contributed by atoms with Crippen LogP contribution in [0.2, 0.25) is 10.0 Å². The topological polar surface area (TPSA) is 23.6 Å². The zero-order valence-electron chi connectivity index (χ0n) is 11.0. The quantitative estimate of drug-likeness (QED) is 0.799. The van der Waals surface area contributed by atoms with E-state index in [0.29, 0.717) is 22.0 Å². The average molecular weight is 301 g/mol. The number of Topliss-reactive ketones (excluding diaryl/α,β-unsaturated/α-hetero) is 1. The number of carbonyl (C=O) groups excluding carboxylic acids is 1. The second-order valence-electron chi connectivity index (χ2n) is 4.94. The Bertz CT molecular complexity index is 457. The fourth-order valence-corrected chi connectivity index (χ4v) is 2.70. The Hall–Kier alpha value is -0.610. The van der Waals surface area contributed by atoms with Crippen molar-refractivity contribution in [1.82, 2.24) is 9.80 Å². The summed E-state index contributed by atoms with van der Waals surface area (Å²) < 4.78 is 0. The lowest BCUT2D eigenvalue weighted by atomic mass is 10.1. The van der Waals surface area contributed by atoms with Gasteiger partial charge in [-0.15, -0.1) is 0 Å². The smallest absolute Gasteiger partial charge is 0.165 e. The fraction of sp³-hybridized carbons (Fsp3) is 0.500. The molecule has 1 heterocycles. The van der Waals surface area contributed by atoms with Gasteiger partial charge in [-0.2, -0.15) is 0 Å². The molecule has 1 fully saturated rings. The van der Waals surface area contributed by atoms with Gasteiger partial charge in [-0.3, -0.25) is 4.79 Å². The van der Waals surface area contributed by atoms with Crippen molar-refractivity contribution >= 4 is 29.0 Å². The van der Waals surface area contributed by atoms with Gasteiger partial charge in [0.2, 0.25) is 0 Å². The first-order valence-corrected chi connectivity index (χ1v) is 7.21. The number of benzene rings is 1. The summed E-state index contributed by atoms with van der Waals surface area (Å²) >= 11 is 11.9. The van der Waals surface area contributed by atoms with Crippen molar-refractivity contribution in [2.45, 2.75) is 6.42 Å². The molecule has 0 saturated carbocycles. The average Bonchev–Trinajstić information content (AvgIpc) is 2.37. The summed E-state index contributed by atoms with van der Waals surface area (Å²) in [5, 5.41) is 0.997. The van der Waals surface area contributed by atoms with Gasteiger partial charge in [-0.1, -0.05) is 23.2 Å². The van der Waals surface area contributed by atoms with Crippen molar-refractivity contribution in [3.63, 3.8) is 0 Å². The zero-order valence-corrected chi connectivity index (χ0v) is 12.5. The summed E-state index contributed by atoms with van der Waals surface area (Å²) in [5.74, 6) is 0.0839. The van der Waals surface area contributed by atoms with Crippen molar-refractivity contribution in [2.75, 3.05) is 39.8 Å². The molecule has 1 aliphatic heterocycles. The summed E-state index contributed by atoms with van der Waals surface area (Å²) in [7, 11) is 2.12. The number of nitrogens with zero attached hydrogens (tertiary/aromatic N) is 2. The van der Waals surface area contributed by atoms with E-state index in [1.165, 1.54) is 0 Å². The third kappa shape index (κ3) is 4.18. The molecule has 0 N–H and O–H groups in total. The van der Waals surface area contributed by atoms with Gasteiger partial charge >= 0.3 is 0 Å². The van der Waals surface area contributed by atoms with E-state index in [-0.39, 0.29) is 5.78 Å². The Morgan fingerprint density at radius 3 is 2.53 bits per heavy atom. The molecular formula is C14H18Cl2N2O. The first-order chi connectivity index (χ1) is 9.06. The van der Waals surface area contributed by atoms with Gasteiger partial charge < -0.3 is 9.80 Å². The highest BCUT2D eigenvalue weighted by Crippen LogP contribution is 2.22. The molecule has 104 valence electrons. The Kier molecular flexibility index (Phi) is 5.22. The number of halogens is 2. The van der Waals surface area contributed by atoms with Crippen LogP contribution in [0.25, 0.3) is 0 Å². The van der Waals surface area contributed by atoms with Gasteiger partial charge in [0.05, 0.1) is 5.02 Å². The molecule has 1 saturated heterocycles. The Morgan fingerprint density at radius 2 is 1.89 bits per heavy atom. The Labute approximate surface area is 124 Å². The maximum absolute atomic E-state index is 12.1. The predicted molar refractivity (Wildman–Crippen MR) is 79.3 cm³/mol. The maximum atomic E-state index is 12.1. The van der Waals surface area contributed by atoms with Crippen LogP contribution in [-0.2, 0) is 0 Å². The number of hydrogen-bond donors (Lipinski definition) is 0. The first-order valence-electron chi connectivity index (χ1n) is 6.45. The molecule has 3 nitrogen and oxygen atoms in total. The van der Waals surface area contributed by atoms with Crippen LogP contribution < -0.4 is 0 Å². The third-order valence-corrected chi connectivity index (χ3v) is 4.03. The van der Waals surface area contributed by atoms with E-state index in [0.717, 1.165) is 32.7 Å². The molecule has 0 atom stereocenters. The largest absolute Gasteiger partial charge is 0.304 e. The molecule has 1 aromatic rings. The lowest BCUT2D eigenvalue weighted by Crippen LogP contribution is -2.45. The van der Waals surface area contributed by atoms with Crippen LogP contribution in [-0.4, -0.2) is 55.4 Å². The van der Waals surface area contributed by atoms with E-state index < -0.39 is 0 Å². The Balaban J connectivity index is 1.87. The lowest BCUT2D eigenvalue weighted by molar-refractivity contribution is 0.0942. The Morgan fingerprint density at radius 1 is 1.21 bits per heavy atom. The summed E-state index contributed by atoms with van der Waals surface area (Å²) in [5.41, 5.74) is 0.570. The van der Waals surface area contributed by atoms with Crippen LogP contribution in [0.3, 0.4) is 0 Å². The molecule has 19 heavy (non-hydrogen) atoms. The molecule has 0 unspecified atom stereocenters. The zero-order chi connectivity index (χ0) is 13.8. The molecule has 0 aliphatic carbocycles. The van der Waals surface area contributed by atoms with Crippen LogP contribution in [0.4, 0.5) is 0 Å². The standard InChI is InChI=1S/C14H18Cl2N2O/c1-17-6-8-18(9-7-17)5-4-14(19)12-3-2-11(15)10-13(12)16/h2-3,10H,4-9H2,1H3. The highest BCUT2D eigenvalue weighted by molar-refractivity contribution is 6.36. The third-order valence-electron chi connectivity index (χ3n) is 3.48. The van der Waals surface area contributed by atoms with Gasteiger partial charge in [0.15, 0.2) is 5.78 Å². The maximum Gasteiger partial charge on any atom is 0.165 e. The van der Waals surface area contributed by atoms with Gasteiger partial charge in [0, 0.05) is 49.7 Å².